The number of hydrogen-bond acceptors (Lipinski definition) is 6. The van der Waals surface area contributed by atoms with Crippen LogP contribution in [-0.4, -0.2) is 33.6 Å². The first kappa shape index (κ1) is 13.5. The second-order valence-electron chi connectivity index (χ2n) is 4.43. The van der Waals surface area contributed by atoms with Crippen LogP contribution in [0, 0.1) is 11.3 Å². The molecule has 0 atom stereocenters. The summed E-state index contributed by atoms with van der Waals surface area (Å²) in [5.41, 5.74) is 6.88. The number of aromatic nitrogens is 4. The molecule has 0 saturated heterocycles. The van der Waals surface area contributed by atoms with Crippen LogP contribution in [0.4, 0.5) is 11.9 Å². The third-order valence-corrected chi connectivity index (χ3v) is 2.68. The van der Waals surface area contributed by atoms with Crippen LogP contribution in [0.2, 0.25) is 0 Å². The van der Waals surface area contributed by atoms with Crippen molar-refractivity contribution in [3.63, 3.8) is 0 Å². The Labute approximate surface area is 117 Å². The number of nitrogens with two attached hydrogens (primary N) is 1. The molecule has 102 valence electrons. The topological polar surface area (TPSA) is 96.7 Å². The molecule has 0 aliphatic rings. The van der Waals surface area contributed by atoms with E-state index in [0.717, 1.165) is 5.69 Å². The minimum Gasteiger partial charge on any atom is -0.368 e. The SMILES string of the molecule is CN(C)c1nc(N)nc(C(C#N)=Cc2cccn2C)n1. The summed E-state index contributed by atoms with van der Waals surface area (Å²) in [4.78, 5) is 14.0. The quantitative estimate of drug-likeness (QED) is 0.832. The van der Waals surface area contributed by atoms with Crippen molar-refractivity contribution < 1.29 is 0 Å². The van der Waals surface area contributed by atoms with Gasteiger partial charge in [-0.2, -0.15) is 20.2 Å². The lowest BCUT2D eigenvalue weighted by atomic mass is 10.2. The van der Waals surface area contributed by atoms with Crippen molar-refractivity contribution in [2.45, 2.75) is 0 Å². The van der Waals surface area contributed by atoms with Gasteiger partial charge in [0, 0.05) is 33.0 Å². The summed E-state index contributed by atoms with van der Waals surface area (Å²) in [6, 6.07) is 5.89. The average molecular weight is 269 g/mol. The molecule has 2 rings (SSSR count). The van der Waals surface area contributed by atoms with Gasteiger partial charge in [-0.15, -0.1) is 0 Å². The molecule has 2 aromatic heterocycles. The van der Waals surface area contributed by atoms with Crippen LogP contribution in [0.25, 0.3) is 11.6 Å². The van der Waals surface area contributed by atoms with Crippen molar-refractivity contribution in [1.82, 2.24) is 19.5 Å². The normalized spacial score (nSPS) is 11.2. The Kier molecular flexibility index (Phi) is 3.66. The smallest absolute Gasteiger partial charge is 0.230 e. The fourth-order valence-corrected chi connectivity index (χ4v) is 1.62. The zero-order chi connectivity index (χ0) is 14.7. The minimum absolute atomic E-state index is 0.0896. The summed E-state index contributed by atoms with van der Waals surface area (Å²) in [5, 5.41) is 9.31. The molecule has 0 unspecified atom stereocenters. The van der Waals surface area contributed by atoms with Gasteiger partial charge in [0.2, 0.25) is 11.9 Å². The third kappa shape index (κ3) is 2.75. The van der Waals surface area contributed by atoms with E-state index >= 15 is 0 Å². The lowest BCUT2D eigenvalue weighted by molar-refractivity contribution is 0.914. The first-order valence-electron chi connectivity index (χ1n) is 5.93. The summed E-state index contributed by atoms with van der Waals surface area (Å²) >= 11 is 0. The van der Waals surface area contributed by atoms with Crippen LogP contribution in [0.15, 0.2) is 18.3 Å². The van der Waals surface area contributed by atoms with Crippen molar-refractivity contribution in [3.05, 3.63) is 29.8 Å². The van der Waals surface area contributed by atoms with Gasteiger partial charge in [0.05, 0.1) is 5.57 Å². The van der Waals surface area contributed by atoms with Gasteiger partial charge in [-0.1, -0.05) is 0 Å². The van der Waals surface area contributed by atoms with Crippen molar-refractivity contribution in [2.75, 3.05) is 24.7 Å². The van der Waals surface area contributed by atoms with Gasteiger partial charge in [-0.05, 0) is 18.2 Å². The largest absolute Gasteiger partial charge is 0.368 e. The molecule has 7 heteroatoms. The molecule has 0 aliphatic heterocycles. The van der Waals surface area contributed by atoms with Crippen LogP contribution >= 0.6 is 0 Å². The molecule has 2 N–H and O–H groups in total. The van der Waals surface area contributed by atoms with E-state index in [-0.39, 0.29) is 11.8 Å². The van der Waals surface area contributed by atoms with Gasteiger partial charge < -0.3 is 15.2 Å². The first-order valence-corrected chi connectivity index (χ1v) is 5.93. The zero-order valence-corrected chi connectivity index (χ0v) is 11.6. The maximum atomic E-state index is 9.31. The fraction of sp³-hybridized carbons (Fsp3) is 0.231. The van der Waals surface area contributed by atoms with Gasteiger partial charge in [0.1, 0.15) is 6.07 Å². The van der Waals surface area contributed by atoms with E-state index in [9.17, 15) is 5.26 Å². The van der Waals surface area contributed by atoms with Gasteiger partial charge in [0.15, 0.2) is 5.82 Å². The molecular weight excluding hydrogens is 254 g/mol. The molecule has 2 heterocycles. The lowest BCUT2D eigenvalue weighted by Crippen LogP contribution is -2.15. The monoisotopic (exact) mass is 269 g/mol. The van der Waals surface area contributed by atoms with E-state index in [1.165, 1.54) is 0 Å². The van der Waals surface area contributed by atoms with Crippen LogP contribution in [0.3, 0.4) is 0 Å². The maximum absolute atomic E-state index is 9.31. The van der Waals surface area contributed by atoms with Crippen LogP contribution in [0.1, 0.15) is 11.5 Å². The van der Waals surface area contributed by atoms with Gasteiger partial charge in [0.25, 0.3) is 0 Å². The highest BCUT2D eigenvalue weighted by molar-refractivity contribution is 5.86. The van der Waals surface area contributed by atoms with Crippen molar-refractivity contribution in [2.24, 2.45) is 7.05 Å². The van der Waals surface area contributed by atoms with E-state index in [2.05, 4.69) is 21.0 Å². The van der Waals surface area contributed by atoms with E-state index in [1.54, 1.807) is 25.1 Å². The standard InChI is InChI=1S/C13H15N7/c1-19(2)13-17-11(16-12(15)18-13)9(8-14)7-10-5-4-6-20(10)3/h4-7H,1-3H3,(H2,15,16,17,18). The molecule has 0 saturated carbocycles. The van der Waals surface area contributed by atoms with Crippen LogP contribution < -0.4 is 10.6 Å². The molecule has 7 nitrogen and oxygen atoms in total. The number of anilines is 2. The van der Waals surface area contributed by atoms with Crippen molar-refractivity contribution >= 4 is 23.5 Å². The third-order valence-electron chi connectivity index (χ3n) is 2.68. The highest BCUT2D eigenvalue weighted by Gasteiger charge is 2.11. The van der Waals surface area contributed by atoms with E-state index in [0.29, 0.717) is 11.5 Å². The molecule has 0 radical (unpaired) electrons. The van der Waals surface area contributed by atoms with E-state index in [1.807, 2.05) is 29.9 Å². The summed E-state index contributed by atoms with van der Waals surface area (Å²) < 4.78 is 1.90. The zero-order valence-electron chi connectivity index (χ0n) is 11.6. The fourth-order valence-electron chi connectivity index (χ4n) is 1.62. The predicted molar refractivity (Wildman–Crippen MR) is 77.5 cm³/mol. The highest BCUT2D eigenvalue weighted by atomic mass is 15.3. The number of nitrogens with zero attached hydrogens (tertiary/aromatic N) is 6. The van der Waals surface area contributed by atoms with Crippen molar-refractivity contribution in [3.8, 4) is 6.07 Å². The molecule has 0 amide bonds. The maximum Gasteiger partial charge on any atom is 0.230 e. The second-order valence-corrected chi connectivity index (χ2v) is 4.43. The molecule has 0 spiro atoms. The van der Waals surface area contributed by atoms with E-state index < -0.39 is 0 Å². The molecule has 2 aromatic rings. The Morgan fingerprint density at radius 1 is 1.40 bits per heavy atom. The number of nitrogen functional groups attached to an aromatic ring is 1. The summed E-state index contributed by atoms with van der Waals surface area (Å²) in [6.07, 6.45) is 3.61. The summed E-state index contributed by atoms with van der Waals surface area (Å²) in [6.45, 7) is 0. The number of aryl methyl sites for hydroxylation is 1. The summed E-state index contributed by atoms with van der Waals surface area (Å²) in [5.74, 6) is 0.775. The Bertz CT molecular complexity index is 691. The molecule has 0 aromatic carbocycles. The number of allylic oxidation sites excluding steroid dienone is 1. The Balaban J connectivity index is 2.51. The molecule has 0 fully saturated rings. The van der Waals surface area contributed by atoms with Gasteiger partial charge in [-0.3, -0.25) is 0 Å². The second kappa shape index (κ2) is 5.40. The summed E-state index contributed by atoms with van der Waals surface area (Å²) in [7, 11) is 5.49. The van der Waals surface area contributed by atoms with Crippen LogP contribution in [-0.2, 0) is 7.05 Å². The Hall–Kier alpha value is -2.88. The molecular formula is C13H15N7. The van der Waals surface area contributed by atoms with Crippen molar-refractivity contribution in [1.29, 1.82) is 5.26 Å². The Morgan fingerprint density at radius 2 is 2.15 bits per heavy atom. The average Bonchev–Trinajstić information content (AvgIpc) is 2.80. The van der Waals surface area contributed by atoms with Crippen LogP contribution in [0.5, 0.6) is 0 Å². The number of rotatable bonds is 3. The predicted octanol–water partition coefficient (Wildman–Crippen LogP) is 0.922. The highest BCUT2D eigenvalue weighted by Crippen LogP contribution is 2.17. The molecule has 0 bridgehead atoms. The molecule has 20 heavy (non-hydrogen) atoms. The number of nitriles is 1. The minimum atomic E-state index is 0.0896. The van der Waals surface area contributed by atoms with Gasteiger partial charge >= 0.3 is 0 Å². The van der Waals surface area contributed by atoms with Gasteiger partial charge in [-0.25, -0.2) is 0 Å². The first-order chi connectivity index (χ1) is 9.51. The lowest BCUT2D eigenvalue weighted by Gasteiger charge is -2.11. The number of hydrogen-bond donors (Lipinski definition) is 1. The molecule has 0 aliphatic carbocycles. The Morgan fingerprint density at radius 3 is 2.70 bits per heavy atom. The van der Waals surface area contributed by atoms with E-state index in [4.69, 9.17) is 5.73 Å².